The summed E-state index contributed by atoms with van der Waals surface area (Å²) in [6, 6.07) is 13.8. The maximum absolute atomic E-state index is 12.9. The van der Waals surface area contributed by atoms with Crippen LogP contribution >= 0.6 is 0 Å². The van der Waals surface area contributed by atoms with Gasteiger partial charge in [0.2, 0.25) is 5.91 Å². The van der Waals surface area contributed by atoms with Gasteiger partial charge in [-0.3, -0.25) is 4.79 Å². The summed E-state index contributed by atoms with van der Waals surface area (Å²) in [5, 5.41) is 2.94. The molecule has 1 unspecified atom stereocenters. The summed E-state index contributed by atoms with van der Waals surface area (Å²) < 4.78 is 18.5. The molecule has 0 aliphatic heterocycles. The standard InChI is InChI=1S/C19H22FNO2/c1-3-23-18-7-5-4-6-16(18)10-13-19(22)21-14(2)15-8-11-17(20)12-9-15/h4-9,11-12,14H,3,10,13H2,1-2H3,(H,21,22). The molecule has 2 rings (SSSR count). The predicted molar refractivity (Wildman–Crippen MR) is 88.9 cm³/mol. The quantitative estimate of drug-likeness (QED) is 0.837. The largest absolute Gasteiger partial charge is 0.494 e. The Morgan fingerprint density at radius 2 is 1.87 bits per heavy atom. The van der Waals surface area contributed by atoms with Crippen LogP contribution in [0.5, 0.6) is 5.75 Å². The second-order valence-corrected chi connectivity index (χ2v) is 5.38. The second-order valence-electron chi connectivity index (χ2n) is 5.38. The van der Waals surface area contributed by atoms with Crippen molar-refractivity contribution >= 4 is 5.91 Å². The molecular formula is C19H22FNO2. The molecule has 0 heterocycles. The van der Waals surface area contributed by atoms with Crippen LogP contribution in [-0.4, -0.2) is 12.5 Å². The van der Waals surface area contributed by atoms with Crippen molar-refractivity contribution in [3.63, 3.8) is 0 Å². The molecule has 1 amide bonds. The first kappa shape index (κ1) is 17.0. The molecule has 0 radical (unpaired) electrons. The van der Waals surface area contributed by atoms with Gasteiger partial charge in [0, 0.05) is 6.42 Å². The summed E-state index contributed by atoms with van der Waals surface area (Å²) in [6.45, 7) is 4.43. The first-order chi connectivity index (χ1) is 11.1. The highest BCUT2D eigenvalue weighted by Gasteiger charge is 2.11. The zero-order valence-electron chi connectivity index (χ0n) is 13.5. The fourth-order valence-electron chi connectivity index (χ4n) is 2.40. The van der Waals surface area contributed by atoms with E-state index in [1.807, 2.05) is 38.1 Å². The molecule has 23 heavy (non-hydrogen) atoms. The molecule has 0 bridgehead atoms. The fourth-order valence-corrected chi connectivity index (χ4v) is 2.40. The number of halogens is 1. The van der Waals surface area contributed by atoms with Gasteiger partial charge in [0.15, 0.2) is 0 Å². The SMILES string of the molecule is CCOc1ccccc1CCC(=O)NC(C)c1ccc(F)cc1. The number of carbonyl (C=O) groups is 1. The third-order valence-electron chi connectivity index (χ3n) is 3.64. The minimum Gasteiger partial charge on any atom is -0.494 e. The van der Waals surface area contributed by atoms with Crippen LogP contribution in [0.3, 0.4) is 0 Å². The highest BCUT2D eigenvalue weighted by Crippen LogP contribution is 2.20. The van der Waals surface area contributed by atoms with E-state index in [9.17, 15) is 9.18 Å². The van der Waals surface area contributed by atoms with Crippen molar-refractivity contribution < 1.29 is 13.9 Å². The van der Waals surface area contributed by atoms with Gasteiger partial charge in [0.25, 0.3) is 0 Å². The summed E-state index contributed by atoms with van der Waals surface area (Å²) >= 11 is 0. The van der Waals surface area contributed by atoms with Crippen LogP contribution in [0, 0.1) is 5.82 Å². The second kappa shape index (κ2) is 8.32. The van der Waals surface area contributed by atoms with E-state index < -0.39 is 0 Å². The van der Waals surface area contributed by atoms with Crippen LogP contribution in [0.15, 0.2) is 48.5 Å². The number of rotatable bonds is 7. The molecule has 0 aromatic heterocycles. The Morgan fingerprint density at radius 1 is 1.17 bits per heavy atom. The first-order valence-corrected chi connectivity index (χ1v) is 7.85. The number of nitrogens with one attached hydrogen (secondary N) is 1. The molecule has 0 aliphatic rings. The van der Waals surface area contributed by atoms with Gasteiger partial charge in [0.05, 0.1) is 12.6 Å². The lowest BCUT2D eigenvalue weighted by atomic mass is 10.1. The van der Waals surface area contributed by atoms with E-state index in [4.69, 9.17) is 4.74 Å². The molecule has 3 nitrogen and oxygen atoms in total. The molecule has 4 heteroatoms. The van der Waals surface area contributed by atoms with Crippen molar-refractivity contribution in [2.24, 2.45) is 0 Å². The number of aryl methyl sites for hydroxylation is 1. The Morgan fingerprint density at radius 3 is 2.57 bits per heavy atom. The van der Waals surface area contributed by atoms with E-state index in [-0.39, 0.29) is 17.8 Å². The topological polar surface area (TPSA) is 38.3 Å². The van der Waals surface area contributed by atoms with E-state index in [0.717, 1.165) is 16.9 Å². The van der Waals surface area contributed by atoms with E-state index >= 15 is 0 Å². The van der Waals surface area contributed by atoms with Gasteiger partial charge in [-0.05, 0) is 49.6 Å². The van der Waals surface area contributed by atoms with Crippen molar-refractivity contribution in [3.8, 4) is 5.75 Å². The van der Waals surface area contributed by atoms with Crippen molar-refractivity contribution in [1.82, 2.24) is 5.32 Å². The molecule has 1 atom stereocenters. The zero-order chi connectivity index (χ0) is 16.7. The maximum Gasteiger partial charge on any atom is 0.220 e. The van der Waals surface area contributed by atoms with E-state index in [1.165, 1.54) is 12.1 Å². The van der Waals surface area contributed by atoms with Crippen molar-refractivity contribution in [2.75, 3.05) is 6.61 Å². The molecule has 0 aliphatic carbocycles. The van der Waals surface area contributed by atoms with Gasteiger partial charge in [-0.1, -0.05) is 30.3 Å². The van der Waals surface area contributed by atoms with Gasteiger partial charge in [0.1, 0.15) is 11.6 Å². The van der Waals surface area contributed by atoms with Crippen LogP contribution in [-0.2, 0) is 11.2 Å². The van der Waals surface area contributed by atoms with Crippen molar-refractivity contribution in [2.45, 2.75) is 32.7 Å². The summed E-state index contributed by atoms with van der Waals surface area (Å²) in [7, 11) is 0. The summed E-state index contributed by atoms with van der Waals surface area (Å²) in [5.74, 6) is 0.516. The van der Waals surface area contributed by atoms with Crippen LogP contribution in [0.1, 0.15) is 37.4 Å². The number of para-hydroxylation sites is 1. The van der Waals surface area contributed by atoms with E-state index in [0.29, 0.717) is 19.4 Å². The molecule has 0 fully saturated rings. The number of hydrogen-bond acceptors (Lipinski definition) is 2. The molecule has 2 aromatic carbocycles. The highest BCUT2D eigenvalue weighted by atomic mass is 19.1. The minimum absolute atomic E-state index is 0.0341. The third-order valence-corrected chi connectivity index (χ3v) is 3.64. The van der Waals surface area contributed by atoms with Crippen LogP contribution < -0.4 is 10.1 Å². The lowest BCUT2D eigenvalue weighted by molar-refractivity contribution is -0.121. The average Bonchev–Trinajstić information content (AvgIpc) is 2.55. The zero-order valence-corrected chi connectivity index (χ0v) is 13.5. The number of benzene rings is 2. The van der Waals surface area contributed by atoms with E-state index in [2.05, 4.69) is 5.32 Å². The van der Waals surface area contributed by atoms with Crippen LogP contribution in [0.4, 0.5) is 4.39 Å². The number of hydrogen-bond donors (Lipinski definition) is 1. The summed E-state index contributed by atoms with van der Waals surface area (Å²) in [4.78, 5) is 12.1. The minimum atomic E-state index is -0.278. The lowest BCUT2D eigenvalue weighted by Crippen LogP contribution is -2.26. The molecular weight excluding hydrogens is 293 g/mol. The van der Waals surface area contributed by atoms with Gasteiger partial charge in [-0.2, -0.15) is 0 Å². The lowest BCUT2D eigenvalue weighted by Gasteiger charge is -2.15. The average molecular weight is 315 g/mol. The summed E-state index contributed by atoms with van der Waals surface area (Å²) in [5.41, 5.74) is 1.91. The number of amides is 1. The first-order valence-electron chi connectivity index (χ1n) is 7.85. The molecule has 1 N–H and O–H groups in total. The van der Waals surface area contributed by atoms with Gasteiger partial charge in [-0.25, -0.2) is 4.39 Å². The van der Waals surface area contributed by atoms with Crippen LogP contribution in [0.2, 0.25) is 0 Å². The van der Waals surface area contributed by atoms with Crippen LogP contribution in [0.25, 0.3) is 0 Å². The molecule has 2 aromatic rings. The highest BCUT2D eigenvalue weighted by molar-refractivity contribution is 5.76. The van der Waals surface area contributed by atoms with Crippen molar-refractivity contribution in [1.29, 1.82) is 0 Å². The number of carbonyl (C=O) groups excluding carboxylic acids is 1. The smallest absolute Gasteiger partial charge is 0.220 e. The molecule has 0 saturated heterocycles. The Labute approximate surface area is 136 Å². The Bertz CT molecular complexity index is 640. The van der Waals surface area contributed by atoms with Gasteiger partial charge >= 0.3 is 0 Å². The normalized spacial score (nSPS) is 11.8. The number of ether oxygens (including phenoxy) is 1. The molecule has 122 valence electrons. The van der Waals surface area contributed by atoms with E-state index in [1.54, 1.807) is 12.1 Å². The maximum atomic E-state index is 12.9. The Balaban J connectivity index is 1.89. The molecule has 0 spiro atoms. The summed E-state index contributed by atoms with van der Waals surface area (Å²) in [6.07, 6.45) is 1.01. The fraction of sp³-hybridized carbons (Fsp3) is 0.316. The Hall–Kier alpha value is -2.36. The van der Waals surface area contributed by atoms with Gasteiger partial charge in [-0.15, -0.1) is 0 Å². The molecule has 0 saturated carbocycles. The Kier molecular flexibility index (Phi) is 6.15. The van der Waals surface area contributed by atoms with Gasteiger partial charge < -0.3 is 10.1 Å². The monoisotopic (exact) mass is 315 g/mol. The third kappa shape index (κ3) is 5.09. The predicted octanol–water partition coefficient (Wildman–Crippen LogP) is 4.03. The van der Waals surface area contributed by atoms with Crippen molar-refractivity contribution in [3.05, 3.63) is 65.5 Å².